The normalized spacial score (nSPS) is 16.6. The number of hydrogen-bond acceptors (Lipinski definition) is 5. The second kappa shape index (κ2) is 8.78. The van der Waals surface area contributed by atoms with E-state index in [1.54, 1.807) is 26.8 Å². The molecular weight excluding hydrogens is 434 g/mol. The van der Waals surface area contributed by atoms with Crippen LogP contribution >= 0.6 is 0 Å². The topological polar surface area (TPSA) is 96.6 Å². The Morgan fingerprint density at radius 1 is 1.21 bits per heavy atom. The molecule has 3 aromatic rings. The molecule has 1 saturated heterocycles. The summed E-state index contributed by atoms with van der Waals surface area (Å²) in [6.07, 6.45) is -0.984. The predicted octanol–water partition coefficient (Wildman–Crippen LogP) is 4.40. The highest BCUT2D eigenvalue weighted by molar-refractivity contribution is 6.11. The number of anilines is 1. The highest BCUT2D eigenvalue weighted by Gasteiger charge is 2.29. The molecule has 0 spiro atoms. The fourth-order valence-corrected chi connectivity index (χ4v) is 3.52. The molecule has 1 unspecified atom stereocenters. The number of amides is 2. The second-order valence-electron chi connectivity index (χ2n) is 8.74. The zero-order valence-electron chi connectivity index (χ0n) is 18.4. The van der Waals surface area contributed by atoms with Crippen molar-refractivity contribution < 1.29 is 27.8 Å². The van der Waals surface area contributed by atoms with Crippen molar-refractivity contribution in [2.75, 3.05) is 25.0 Å². The highest BCUT2D eigenvalue weighted by atomic mass is 19.1. The van der Waals surface area contributed by atoms with E-state index in [9.17, 15) is 18.4 Å². The van der Waals surface area contributed by atoms with Gasteiger partial charge in [-0.1, -0.05) is 6.07 Å². The van der Waals surface area contributed by atoms with Crippen LogP contribution in [0.25, 0.3) is 10.9 Å². The number of hydrogen-bond donors (Lipinski definition) is 2. The van der Waals surface area contributed by atoms with Gasteiger partial charge in [0.1, 0.15) is 23.3 Å². The Hall–Kier alpha value is -3.53. The average molecular weight is 458 g/mol. The van der Waals surface area contributed by atoms with Gasteiger partial charge < -0.3 is 19.7 Å². The van der Waals surface area contributed by atoms with Gasteiger partial charge >= 0.3 is 6.09 Å². The van der Waals surface area contributed by atoms with Gasteiger partial charge in [0, 0.05) is 11.9 Å². The van der Waals surface area contributed by atoms with Gasteiger partial charge in [0.25, 0.3) is 5.91 Å². The SMILES string of the molecule is CC(C)(C)OC(=O)N1CCOC(c2ccc(NC(=O)c3n[nH]c4cc(F)ccc34)c(F)c2)C1. The van der Waals surface area contributed by atoms with Crippen LogP contribution in [0.2, 0.25) is 0 Å². The Labute approximate surface area is 188 Å². The fourth-order valence-electron chi connectivity index (χ4n) is 3.52. The van der Waals surface area contributed by atoms with Crippen LogP contribution in [-0.4, -0.2) is 52.4 Å². The summed E-state index contributed by atoms with van der Waals surface area (Å²) in [4.78, 5) is 26.5. The minimum atomic E-state index is -0.662. The quantitative estimate of drug-likeness (QED) is 0.606. The van der Waals surface area contributed by atoms with Gasteiger partial charge in [0.2, 0.25) is 0 Å². The van der Waals surface area contributed by atoms with Crippen molar-refractivity contribution in [2.24, 2.45) is 0 Å². The third kappa shape index (κ3) is 5.11. The molecule has 2 aromatic carbocycles. The number of halogens is 2. The first-order valence-electron chi connectivity index (χ1n) is 10.4. The van der Waals surface area contributed by atoms with Gasteiger partial charge in [-0.25, -0.2) is 13.6 Å². The van der Waals surface area contributed by atoms with Crippen molar-refractivity contribution in [3.05, 3.63) is 59.3 Å². The summed E-state index contributed by atoms with van der Waals surface area (Å²) >= 11 is 0. The number of ether oxygens (including phenoxy) is 2. The second-order valence-corrected chi connectivity index (χ2v) is 8.74. The van der Waals surface area contributed by atoms with Gasteiger partial charge in [-0.2, -0.15) is 5.10 Å². The smallest absolute Gasteiger partial charge is 0.410 e. The van der Waals surface area contributed by atoms with Crippen molar-refractivity contribution in [1.29, 1.82) is 0 Å². The molecule has 0 saturated carbocycles. The maximum Gasteiger partial charge on any atom is 0.410 e. The third-order valence-electron chi connectivity index (χ3n) is 5.07. The van der Waals surface area contributed by atoms with Gasteiger partial charge in [-0.15, -0.1) is 0 Å². The lowest BCUT2D eigenvalue weighted by molar-refractivity contribution is -0.0433. The van der Waals surface area contributed by atoms with Crippen LogP contribution in [0, 0.1) is 11.6 Å². The molecule has 8 nitrogen and oxygen atoms in total. The fraction of sp³-hybridized carbons (Fsp3) is 0.348. The summed E-state index contributed by atoms with van der Waals surface area (Å²) in [7, 11) is 0. The van der Waals surface area contributed by atoms with Crippen molar-refractivity contribution in [3.8, 4) is 0 Å². The Kier molecular flexibility index (Phi) is 6.03. The lowest BCUT2D eigenvalue weighted by Gasteiger charge is -2.34. The van der Waals surface area contributed by atoms with Crippen molar-refractivity contribution in [3.63, 3.8) is 0 Å². The third-order valence-corrected chi connectivity index (χ3v) is 5.07. The molecule has 0 bridgehead atoms. The Balaban J connectivity index is 1.46. The molecule has 1 aromatic heterocycles. The van der Waals surface area contributed by atoms with Crippen molar-refractivity contribution in [2.45, 2.75) is 32.5 Å². The number of carbonyl (C=O) groups is 2. The predicted molar refractivity (Wildman–Crippen MR) is 117 cm³/mol. The highest BCUT2D eigenvalue weighted by Crippen LogP contribution is 2.27. The molecule has 1 atom stereocenters. The summed E-state index contributed by atoms with van der Waals surface area (Å²) in [6, 6.07) is 8.18. The maximum absolute atomic E-state index is 14.8. The molecule has 2 amide bonds. The molecule has 33 heavy (non-hydrogen) atoms. The van der Waals surface area contributed by atoms with E-state index in [2.05, 4.69) is 15.5 Å². The molecule has 2 N–H and O–H groups in total. The number of benzene rings is 2. The number of carbonyl (C=O) groups excluding carboxylic acids is 2. The van der Waals surface area contributed by atoms with Gasteiger partial charge in [-0.3, -0.25) is 9.89 Å². The van der Waals surface area contributed by atoms with Gasteiger partial charge in [0.15, 0.2) is 5.69 Å². The summed E-state index contributed by atoms with van der Waals surface area (Å²) < 4.78 is 39.3. The first-order chi connectivity index (χ1) is 15.6. The zero-order valence-corrected chi connectivity index (χ0v) is 18.4. The molecule has 2 heterocycles. The molecule has 174 valence electrons. The first kappa shape index (κ1) is 22.7. The van der Waals surface area contributed by atoms with Gasteiger partial charge in [-0.05, 0) is 56.7 Å². The van der Waals surface area contributed by atoms with Crippen LogP contribution in [0.4, 0.5) is 19.3 Å². The van der Waals surface area contributed by atoms with E-state index in [4.69, 9.17) is 9.47 Å². The molecule has 1 aliphatic rings. The van der Waals surface area contributed by atoms with E-state index in [-0.39, 0.29) is 24.5 Å². The molecule has 0 aliphatic carbocycles. The van der Waals surface area contributed by atoms with E-state index < -0.39 is 35.3 Å². The molecular formula is C23H24F2N4O4. The largest absolute Gasteiger partial charge is 0.444 e. The number of aromatic amines is 1. The molecule has 0 radical (unpaired) electrons. The van der Waals surface area contributed by atoms with Crippen LogP contribution in [0.5, 0.6) is 0 Å². The number of nitrogens with zero attached hydrogens (tertiary/aromatic N) is 2. The Morgan fingerprint density at radius 2 is 2.00 bits per heavy atom. The minimum Gasteiger partial charge on any atom is -0.444 e. The average Bonchev–Trinajstić information content (AvgIpc) is 3.17. The first-order valence-corrected chi connectivity index (χ1v) is 10.4. The van der Waals surface area contributed by atoms with E-state index in [1.807, 2.05) is 0 Å². The maximum atomic E-state index is 14.8. The zero-order chi connectivity index (χ0) is 23.8. The standard InChI is InChI=1S/C23H24F2N4O4/c1-23(2,3)33-22(31)29-8-9-32-19(12-29)13-4-7-17(16(25)10-13)26-21(30)20-15-6-5-14(24)11-18(15)27-28-20/h4-7,10-11,19H,8-9,12H2,1-3H3,(H,26,30)(H,27,28). The lowest BCUT2D eigenvalue weighted by atomic mass is 10.1. The molecule has 10 heteroatoms. The summed E-state index contributed by atoms with van der Waals surface area (Å²) in [6.45, 7) is 6.25. The number of nitrogens with one attached hydrogen (secondary N) is 2. The summed E-state index contributed by atoms with van der Waals surface area (Å²) in [5, 5.41) is 9.40. The van der Waals surface area contributed by atoms with Crippen LogP contribution < -0.4 is 5.32 Å². The Morgan fingerprint density at radius 3 is 2.73 bits per heavy atom. The van der Waals surface area contributed by atoms with Crippen molar-refractivity contribution >= 4 is 28.6 Å². The van der Waals surface area contributed by atoms with E-state index in [0.717, 1.165) is 0 Å². The number of rotatable bonds is 3. The number of H-pyrrole nitrogens is 1. The Bertz CT molecular complexity index is 1200. The lowest BCUT2D eigenvalue weighted by Crippen LogP contribution is -2.44. The van der Waals surface area contributed by atoms with Crippen LogP contribution in [-0.2, 0) is 9.47 Å². The summed E-state index contributed by atoms with van der Waals surface area (Å²) in [5.74, 6) is -1.76. The molecule has 1 fully saturated rings. The van der Waals surface area contributed by atoms with E-state index >= 15 is 0 Å². The van der Waals surface area contributed by atoms with Crippen molar-refractivity contribution in [1.82, 2.24) is 15.1 Å². The van der Waals surface area contributed by atoms with E-state index in [0.29, 0.717) is 23.0 Å². The van der Waals surface area contributed by atoms with Crippen LogP contribution in [0.15, 0.2) is 36.4 Å². The van der Waals surface area contributed by atoms with Crippen LogP contribution in [0.3, 0.4) is 0 Å². The number of morpholine rings is 1. The monoisotopic (exact) mass is 458 g/mol. The van der Waals surface area contributed by atoms with Crippen LogP contribution in [0.1, 0.15) is 42.9 Å². The number of fused-ring (bicyclic) bond motifs is 1. The number of aromatic nitrogens is 2. The summed E-state index contributed by atoms with van der Waals surface area (Å²) in [5.41, 5.74) is 0.253. The van der Waals surface area contributed by atoms with Gasteiger partial charge in [0.05, 0.1) is 24.4 Å². The molecule has 4 rings (SSSR count). The van der Waals surface area contributed by atoms with E-state index in [1.165, 1.54) is 35.2 Å². The minimum absolute atomic E-state index is 0.0251. The molecule has 1 aliphatic heterocycles.